The number of hydrogen-bond acceptors (Lipinski definition) is 6. The Balaban J connectivity index is 1.59. The van der Waals surface area contributed by atoms with Crippen LogP contribution in [0.15, 0.2) is 54.9 Å². The number of ether oxygens (including phenoxy) is 2. The van der Waals surface area contributed by atoms with Crippen LogP contribution in [0.1, 0.15) is 15.9 Å². The number of anilines is 1. The van der Waals surface area contributed by atoms with E-state index < -0.39 is 0 Å². The zero-order valence-electron chi connectivity index (χ0n) is 15.3. The summed E-state index contributed by atoms with van der Waals surface area (Å²) in [6.45, 7) is 0.473. The second kappa shape index (κ2) is 7.75. The number of carbonyl (C=O) groups excluding carboxylic acids is 1. The maximum Gasteiger partial charge on any atom is 0.261 e. The van der Waals surface area contributed by atoms with Gasteiger partial charge in [0.1, 0.15) is 0 Å². The molecule has 0 saturated carbocycles. The van der Waals surface area contributed by atoms with Crippen LogP contribution in [0.25, 0.3) is 10.2 Å². The molecule has 150 valence electrons. The van der Waals surface area contributed by atoms with Crippen LogP contribution in [0.5, 0.6) is 11.5 Å². The lowest BCUT2D eigenvalue weighted by atomic mass is 10.2. The number of thiazole rings is 1. The maximum atomic E-state index is 13.5. The number of halogens is 2. The summed E-state index contributed by atoms with van der Waals surface area (Å²) in [6.07, 6.45) is 3.39. The van der Waals surface area contributed by atoms with Crippen molar-refractivity contribution in [2.75, 3.05) is 11.7 Å². The summed E-state index contributed by atoms with van der Waals surface area (Å²) in [4.78, 5) is 23.9. The fourth-order valence-corrected chi connectivity index (χ4v) is 4.47. The molecule has 0 saturated heterocycles. The summed E-state index contributed by atoms with van der Waals surface area (Å²) in [5.41, 5.74) is 1.89. The molecule has 2 aromatic heterocycles. The third-order valence-corrected chi connectivity index (χ3v) is 6.18. The molecule has 6 nitrogen and oxygen atoms in total. The molecule has 0 fully saturated rings. The van der Waals surface area contributed by atoms with Gasteiger partial charge in [-0.1, -0.05) is 40.6 Å². The number of hydrogen-bond donors (Lipinski definition) is 0. The summed E-state index contributed by atoms with van der Waals surface area (Å²) in [5, 5.41) is 1.28. The monoisotopic (exact) mass is 457 g/mol. The fourth-order valence-electron chi connectivity index (χ4n) is 3.13. The molecule has 9 heteroatoms. The molecule has 30 heavy (non-hydrogen) atoms. The molecule has 0 bridgehead atoms. The molecule has 0 unspecified atom stereocenters. The van der Waals surface area contributed by atoms with Crippen molar-refractivity contribution in [3.63, 3.8) is 0 Å². The van der Waals surface area contributed by atoms with Crippen LogP contribution in [-0.2, 0) is 6.54 Å². The lowest BCUT2D eigenvalue weighted by Gasteiger charge is -2.20. The van der Waals surface area contributed by atoms with Gasteiger partial charge in [-0.05, 0) is 29.8 Å². The van der Waals surface area contributed by atoms with Gasteiger partial charge in [0.15, 0.2) is 16.6 Å². The Labute approximate surface area is 185 Å². The third-order valence-electron chi connectivity index (χ3n) is 4.57. The molecule has 0 atom stereocenters. The van der Waals surface area contributed by atoms with E-state index in [1.807, 2.05) is 24.3 Å². The molecule has 4 aromatic rings. The van der Waals surface area contributed by atoms with Crippen molar-refractivity contribution in [2.45, 2.75) is 6.54 Å². The van der Waals surface area contributed by atoms with E-state index in [0.29, 0.717) is 32.2 Å². The van der Waals surface area contributed by atoms with Gasteiger partial charge in [0.05, 0.1) is 27.3 Å². The molecule has 2 aromatic carbocycles. The minimum atomic E-state index is -0.301. The fraction of sp³-hybridized carbons (Fsp3) is 0.0952. The summed E-state index contributed by atoms with van der Waals surface area (Å²) in [6, 6.07) is 12.2. The highest BCUT2D eigenvalue weighted by Gasteiger charge is 2.25. The number of pyridine rings is 1. The van der Waals surface area contributed by atoms with Gasteiger partial charge in [-0.25, -0.2) is 4.98 Å². The lowest BCUT2D eigenvalue weighted by molar-refractivity contribution is 0.0985. The summed E-state index contributed by atoms with van der Waals surface area (Å²) in [5.74, 6) is 1.01. The number of aromatic nitrogens is 2. The van der Waals surface area contributed by atoms with Gasteiger partial charge in [0.2, 0.25) is 6.79 Å². The molecule has 1 aliphatic rings. The third kappa shape index (κ3) is 3.56. The molecule has 5 rings (SSSR count). The van der Waals surface area contributed by atoms with E-state index in [4.69, 9.17) is 32.7 Å². The quantitative estimate of drug-likeness (QED) is 0.400. The molecule has 0 spiro atoms. The molecular formula is C21H13Cl2N3O3S. The Bertz CT molecular complexity index is 1220. The second-order valence-corrected chi connectivity index (χ2v) is 8.40. The number of carbonyl (C=O) groups is 1. The topological polar surface area (TPSA) is 64.6 Å². The van der Waals surface area contributed by atoms with Crippen LogP contribution in [0, 0.1) is 0 Å². The Kier molecular flexibility index (Phi) is 4.94. The van der Waals surface area contributed by atoms with Crippen molar-refractivity contribution in [3.8, 4) is 11.5 Å². The van der Waals surface area contributed by atoms with Crippen LogP contribution in [0.4, 0.5) is 5.13 Å². The maximum absolute atomic E-state index is 13.5. The predicted octanol–water partition coefficient (Wildman–Crippen LogP) is 5.57. The van der Waals surface area contributed by atoms with Gasteiger partial charge in [-0.2, -0.15) is 0 Å². The van der Waals surface area contributed by atoms with Gasteiger partial charge in [-0.15, -0.1) is 0 Å². The number of rotatable bonds is 4. The standard InChI is InChI=1S/C21H13Cl2N3O3S/c22-13-3-4-15(23)14(6-13)20(27)26(10-12-2-1-5-24-9-12)21-25-16-7-17-18(29-11-28-17)8-19(16)30-21/h1-9H,10-11H2. The summed E-state index contributed by atoms with van der Waals surface area (Å²) in [7, 11) is 0. The van der Waals surface area contributed by atoms with E-state index >= 15 is 0 Å². The molecule has 1 aliphatic heterocycles. The largest absolute Gasteiger partial charge is 0.454 e. The second-order valence-electron chi connectivity index (χ2n) is 6.55. The van der Waals surface area contributed by atoms with E-state index in [-0.39, 0.29) is 19.2 Å². The smallest absolute Gasteiger partial charge is 0.261 e. The average molecular weight is 458 g/mol. The summed E-state index contributed by atoms with van der Waals surface area (Å²) >= 11 is 13.8. The molecule has 1 amide bonds. The first-order valence-electron chi connectivity index (χ1n) is 8.94. The highest BCUT2D eigenvalue weighted by molar-refractivity contribution is 7.22. The van der Waals surface area contributed by atoms with Crippen molar-refractivity contribution in [1.82, 2.24) is 9.97 Å². The SMILES string of the molecule is O=C(c1cc(Cl)ccc1Cl)N(Cc1cccnc1)c1nc2cc3c(cc2s1)OCO3. The normalized spacial score (nSPS) is 12.3. The molecular weight excluding hydrogens is 445 g/mol. The lowest BCUT2D eigenvalue weighted by Crippen LogP contribution is -2.30. The van der Waals surface area contributed by atoms with Crippen molar-refractivity contribution < 1.29 is 14.3 Å². The van der Waals surface area contributed by atoms with Crippen LogP contribution in [0.2, 0.25) is 10.0 Å². The average Bonchev–Trinajstić information content (AvgIpc) is 3.38. The highest BCUT2D eigenvalue weighted by Crippen LogP contribution is 2.40. The minimum absolute atomic E-state index is 0.193. The first-order chi connectivity index (χ1) is 14.6. The number of benzene rings is 2. The molecule has 0 N–H and O–H groups in total. The molecule has 0 aliphatic carbocycles. The molecule has 0 radical (unpaired) electrons. The van der Waals surface area contributed by atoms with Crippen LogP contribution >= 0.6 is 34.5 Å². The van der Waals surface area contributed by atoms with E-state index in [9.17, 15) is 4.79 Å². The van der Waals surface area contributed by atoms with Crippen LogP contribution in [0.3, 0.4) is 0 Å². The van der Waals surface area contributed by atoms with Gasteiger partial charge >= 0.3 is 0 Å². The van der Waals surface area contributed by atoms with Crippen molar-refractivity contribution >= 4 is 55.8 Å². The highest BCUT2D eigenvalue weighted by atomic mass is 35.5. The van der Waals surface area contributed by atoms with E-state index in [0.717, 1.165) is 15.8 Å². The molecule has 3 heterocycles. The van der Waals surface area contributed by atoms with E-state index in [1.165, 1.54) is 11.3 Å². The van der Waals surface area contributed by atoms with Crippen molar-refractivity contribution in [2.24, 2.45) is 0 Å². The zero-order chi connectivity index (χ0) is 20.7. The van der Waals surface area contributed by atoms with Gasteiger partial charge in [-0.3, -0.25) is 14.7 Å². The van der Waals surface area contributed by atoms with Crippen LogP contribution in [-0.4, -0.2) is 22.7 Å². The Morgan fingerprint density at radius 2 is 1.97 bits per heavy atom. The van der Waals surface area contributed by atoms with Gasteiger partial charge in [0, 0.05) is 29.5 Å². The zero-order valence-corrected chi connectivity index (χ0v) is 17.7. The van der Waals surface area contributed by atoms with Crippen molar-refractivity contribution in [3.05, 3.63) is 76.0 Å². The Morgan fingerprint density at radius 3 is 2.77 bits per heavy atom. The van der Waals surface area contributed by atoms with Gasteiger partial charge < -0.3 is 9.47 Å². The number of fused-ring (bicyclic) bond motifs is 2. The minimum Gasteiger partial charge on any atom is -0.454 e. The number of amides is 1. The first-order valence-corrected chi connectivity index (χ1v) is 10.5. The van der Waals surface area contributed by atoms with E-state index in [1.54, 1.807) is 35.5 Å². The van der Waals surface area contributed by atoms with E-state index in [2.05, 4.69) is 9.97 Å². The predicted molar refractivity (Wildman–Crippen MR) is 117 cm³/mol. The van der Waals surface area contributed by atoms with Gasteiger partial charge in [0.25, 0.3) is 5.91 Å². The van der Waals surface area contributed by atoms with Crippen LogP contribution < -0.4 is 14.4 Å². The van der Waals surface area contributed by atoms with Crippen molar-refractivity contribution in [1.29, 1.82) is 0 Å². The first kappa shape index (κ1) is 19.1. The Hall–Kier alpha value is -2.87. The Morgan fingerprint density at radius 1 is 1.13 bits per heavy atom. The number of nitrogens with zero attached hydrogens (tertiary/aromatic N) is 3. The summed E-state index contributed by atoms with van der Waals surface area (Å²) < 4.78 is 11.8.